The van der Waals surface area contributed by atoms with Gasteiger partial charge >= 0.3 is 12.0 Å². The Morgan fingerprint density at radius 2 is 2.22 bits per heavy atom. The molecule has 1 rings (SSSR count). The predicted octanol–water partition coefficient (Wildman–Crippen LogP) is 1.36. The van der Waals surface area contributed by atoms with Gasteiger partial charge in [0.15, 0.2) is 0 Å². The molecule has 0 saturated heterocycles. The summed E-state index contributed by atoms with van der Waals surface area (Å²) in [6.07, 6.45) is 2.20. The van der Waals surface area contributed by atoms with Crippen LogP contribution >= 0.6 is 11.3 Å². The molecule has 6 nitrogen and oxygen atoms in total. The van der Waals surface area contributed by atoms with Crippen molar-refractivity contribution in [3.05, 3.63) is 16.1 Å². The fourth-order valence-corrected chi connectivity index (χ4v) is 2.07. The largest absolute Gasteiger partial charge is 0.481 e. The second-order valence-electron chi connectivity index (χ2n) is 3.85. The van der Waals surface area contributed by atoms with Crippen LogP contribution in [0, 0.1) is 12.8 Å². The van der Waals surface area contributed by atoms with Crippen molar-refractivity contribution in [2.75, 3.05) is 6.54 Å². The number of amides is 2. The summed E-state index contributed by atoms with van der Waals surface area (Å²) in [6, 6.07) is -0.360. The number of carbonyl (C=O) groups excluding carboxylic acids is 1. The minimum atomic E-state index is -0.893. The van der Waals surface area contributed by atoms with E-state index in [2.05, 4.69) is 15.6 Å². The zero-order valence-corrected chi connectivity index (χ0v) is 11.2. The summed E-state index contributed by atoms with van der Waals surface area (Å²) in [5.74, 6) is -1.43. The Labute approximate surface area is 109 Å². The highest BCUT2D eigenvalue weighted by molar-refractivity contribution is 7.11. The van der Waals surface area contributed by atoms with Crippen LogP contribution in [0.25, 0.3) is 0 Å². The van der Waals surface area contributed by atoms with E-state index in [1.54, 1.807) is 13.1 Å². The second kappa shape index (κ2) is 6.95. The molecular weight excluding hydrogens is 254 g/mol. The van der Waals surface area contributed by atoms with Crippen LogP contribution in [0.3, 0.4) is 0 Å². The number of carbonyl (C=O) groups is 2. The summed E-state index contributed by atoms with van der Waals surface area (Å²) >= 11 is 1.52. The van der Waals surface area contributed by atoms with Crippen molar-refractivity contribution in [3.63, 3.8) is 0 Å². The quantitative estimate of drug-likeness (QED) is 0.728. The number of nitrogens with zero attached hydrogens (tertiary/aromatic N) is 1. The lowest BCUT2D eigenvalue weighted by atomic mass is 10.1. The monoisotopic (exact) mass is 271 g/mol. The lowest BCUT2D eigenvalue weighted by Gasteiger charge is -2.11. The first-order valence-electron chi connectivity index (χ1n) is 5.68. The number of nitrogens with one attached hydrogen (secondary N) is 2. The number of rotatable bonds is 6. The Bertz CT molecular complexity index is 419. The smallest absolute Gasteiger partial charge is 0.315 e. The van der Waals surface area contributed by atoms with Crippen molar-refractivity contribution in [2.45, 2.75) is 26.8 Å². The fourth-order valence-electron chi connectivity index (χ4n) is 1.34. The van der Waals surface area contributed by atoms with Gasteiger partial charge in [-0.05, 0) is 13.3 Å². The highest BCUT2D eigenvalue weighted by Crippen LogP contribution is 2.10. The average molecular weight is 271 g/mol. The zero-order chi connectivity index (χ0) is 13.5. The third-order valence-corrected chi connectivity index (χ3v) is 3.36. The fraction of sp³-hybridized carbons (Fsp3) is 0.545. The van der Waals surface area contributed by atoms with Gasteiger partial charge in [0.25, 0.3) is 0 Å². The molecule has 2 amide bonds. The molecule has 0 fully saturated rings. The number of carboxylic acids is 1. The van der Waals surface area contributed by atoms with E-state index in [0.29, 0.717) is 13.0 Å². The van der Waals surface area contributed by atoms with E-state index >= 15 is 0 Å². The first-order valence-corrected chi connectivity index (χ1v) is 6.50. The summed E-state index contributed by atoms with van der Waals surface area (Å²) < 4.78 is 0. The number of aryl methyl sites for hydroxylation is 1. The molecule has 0 saturated carbocycles. The third kappa shape index (κ3) is 4.70. The van der Waals surface area contributed by atoms with E-state index in [0.717, 1.165) is 9.88 Å². The van der Waals surface area contributed by atoms with E-state index < -0.39 is 11.9 Å². The first kappa shape index (κ1) is 14.4. The summed E-state index contributed by atoms with van der Waals surface area (Å²) in [7, 11) is 0. The van der Waals surface area contributed by atoms with Gasteiger partial charge in [-0.15, -0.1) is 11.3 Å². The minimum absolute atomic E-state index is 0.138. The van der Waals surface area contributed by atoms with E-state index in [-0.39, 0.29) is 12.6 Å². The lowest BCUT2D eigenvalue weighted by molar-refractivity contribution is -0.141. The number of aliphatic carboxylic acids is 1. The van der Waals surface area contributed by atoms with Gasteiger partial charge in [-0.25, -0.2) is 9.78 Å². The number of thiazole rings is 1. The number of hydrogen-bond acceptors (Lipinski definition) is 4. The van der Waals surface area contributed by atoms with Gasteiger partial charge in [0, 0.05) is 17.6 Å². The predicted molar refractivity (Wildman–Crippen MR) is 68.5 cm³/mol. The van der Waals surface area contributed by atoms with Crippen LogP contribution in [0.2, 0.25) is 0 Å². The van der Waals surface area contributed by atoms with E-state index in [4.69, 9.17) is 5.11 Å². The van der Waals surface area contributed by atoms with Crippen molar-refractivity contribution in [2.24, 2.45) is 5.92 Å². The normalized spacial score (nSPS) is 11.9. The van der Waals surface area contributed by atoms with Gasteiger partial charge in [0.1, 0.15) is 0 Å². The molecular formula is C11H17N3O3S. The number of urea groups is 1. The van der Waals surface area contributed by atoms with Gasteiger partial charge in [0.2, 0.25) is 0 Å². The number of aromatic nitrogens is 1. The highest BCUT2D eigenvalue weighted by atomic mass is 32.1. The molecule has 1 atom stereocenters. The Morgan fingerprint density at radius 1 is 1.50 bits per heavy atom. The Kier molecular flexibility index (Phi) is 5.57. The standard InChI is InChI=1S/C11H17N3O3S/c1-3-8(10(15)16)4-13-11(17)14-6-9-5-12-7(2)18-9/h5,8H,3-4,6H2,1-2H3,(H,15,16)(H2,13,14,17). The molecule has 0 spiro atoms. The van der Waals surface area contributed by atoms with Crippen molar-refractivity contribution >= 4 is 23.3 Å². The van der Waals surface area contributed by atoms with Crippen LogP contribution < -0.4 is 10.6 Å². The number of hydrogen-bond donors (Lipinski definition) is 3. The molecule has 1 aromatic heterocycles. The molecule has 18 heavy (non-hydrogen) atoms. The zero-order valence-electron chi connectivity index (χ0n) is 10.4. The molecule has 0 aromatic carbocycles. The van der Waals surface area contributed by atoms with Crippen molar-refractivity contribution in [1.82, 2.24) is 15.6 Å². The van der Waals surface area contributed by atoms with Crippen molar-refractivity contribution in [1.29, 1.82) is 0 Å². The third-order valence-electron chi connectivity index (χ3n) is 2.44. The minimum Gasteiger partial charge on any atom is -0.481 e. The average Bonchev–Trinajstić information content (AvgIpc) is 2.73. The molecule has 0 aliphatic heterocycles. The summed E-state index contributed by atoms with van der Waals surface area (Å²) in [5.41, 5.74) is 0. The Hall–Kier alpha value is -1.63. The Morgan fingerprint density at radius 3 is 2.72 bits per heavy atom. The van der Waals surface area contributed by atoms with Crippen LogP contribution in [-0.4, -0.2) is 28.6 Å². The summed E-state index contributed by atoms with van der Waals surface area (Å²) in [6.45, 7) is 4.21. The summed E-state index contributed by atoms with van der Waals surface area (Å²) in [5, 5.41) is 15.0. The van der Waals surface area contributed by atoms with Crippen LogP contribution in [0.1, 0.15) is 23.2 Å². The maximum Gasteiger partial charge on any atom is 0.315 e. The van der Waals surface area contributed by atoms with E-state index in [1.807, 2.05) is 6.92 Å². The van der Waals surface area contributed by atoms with Gasteiger partial charge in [-0.2, -0.15) is 0 Å². The van der Waals surface area contributed by atoms with Gasteiger partial charge in [-0.3, -0.25) is 4.79 Å². The van der Waals surface area contributed by atoms with Gasteiger partial charge in [0.05, 0.1) is 17.5 Å². The van der Waals surface area contributed by atoms with Crippen molar-refractivity contribution < 1.29 is 14.7 Å². The van der Waals surface area contributed by atoms with Crippen LogP contribution in [0.15, 0.2) is 6.20 Å². The van der Waals surface area contributed by atoms with Crippen molar-refractivity contribution in [3.8, 4) is 0 Å². The molecule has 100 valence electrons. The molecule has 3 N–H and O–H groups in total. The molecule has 0 aliphatic carbocycles. The SMILES string of the molecule is CCC(CNC(=O)NCc1cnc(C)s1)C(=O)O. The molecule has 0 bridgehead atoms. The van der Waals surface area contributed by atoms with Gasteiger partial charge in [-0.1, -0.05) is 6.92 Å². The molecule has 1 unspecified atom stereocenters. The van der Waals surface area contributed by atoms with Crippen LogP contribution in [-0.2, 0) is 11.3 Å². The second-order valence-corrected chi connectivity index (χ2v) is 5.17. The molecule has 1 aromatic rings. The lowest BCUT2D eigenvalue weighted by Crippen LogP contribution is -2.39. The Balaban J connectivity index is 2.27. The topological polar surface area (TPSA) is 91.3 Å². The molecule has 0 aliphatic rings. The van der Waals surface area contributed by atoms with E-state index in [9.17, 15) is 9.59 Å². The maximum absolute atomic E-state index is 11.4. The summed E-state index contributed by atoms with van der Waals surface area (Å²) in [4.78, 5) is 27.2. The van der Waals surface area contributed by atoms with Crippen LogP contribution in [0.4, 0.5) is 4.79 Å². The van der Waals surface area contributed by atoms with E-state index in [1.165, 1.54) is 11.3 Å². The van der Waals surface area contributed by atoms with Gasteiger partial charge < -0.3 is 15.7 Å². The maximum atomic E-state index is 11.4. The highest BCUT2D eigenvalue weighted by Gasteiger charge is 2.15. The molecule has 7 heteroatoms. The first-order chi connectivity index (χ1) is 8.52. The molecule has 0 radical (unpaired) electrons. The van der Waals surface area contributed by atoms with Crippen LogP contribution in [0.5, 0.6) is 0 Å². The molecule has 1 heterocycles. The number of carboxylic acid groups (broad SMARTS) is 1.